The van der Waals surface area contributed by atoms with Gasteiger partial charge in [-0.1, -0.05) is 49.7 Å². The smallest absolute Gasteiger partial charge is 0.414 e. The van der Waals surface area contributed by atoms with Crippen molar-refractivity contribution < 1.29 is 9.53 Å². The van der Waals surface area contributed by atoms with Gasteiger partial charge >= 0.3 is 6.09 Å². The lowest BCUT2D eigenvalue weighted by atomic mass is 10.1. The van der Waals surface area contributed by atoms with Crippen LogP contribution in [0.3, 0.4) is 0 Å². The van der Waals surface area contributed by atoms with Gasteiger partial charge in [0.25, 0.3) is 0 Å². The van der Waals surface area contributed by atoms with Crippen LogP contribution in [-0.2, 0) is 11.3 Å². The number of rotatable bonds is 6. The maximum Gasteiger partial charge on any atom is 0.414 e. The SMILES string of the molecule is CCCC(C)N(C(=O)OCc1ccccc1)c1cccc(C#N)c1. The van der Waals surface area contributed by atoms with Gasteiger partial charge in [0, 0.05) is 11.7 Å². The van der Waals surface area contributed by atoms with Gasteiger partial charge < -0.3 is 4.74 Å². The molecule has 2 aromatic carbocycles. The number of carbonyl (C=O) groups excluding carboxylic acids is 1. The summed E-state index contributed by atoms with van der Waals surface area (Å²) in [4.78, 5) is 14.3. The fourth-order valence-electron chi connectivity index (χ4n) is 2.60. The van der Waals surface area contributed by atoms with Crippen molar-refractivity contribution in [2.75, 3.05) is 4.90 Å². The van der Waals surface area contributed by atoms with Gasteiger partial charge in [0.05, 0.1) is 11.6 Å². The van der Waals surface area contributed by atoms with Crippen molar-refractivity contribution in [2.45, 2.75) is 39.3 Å². The minimum absolute atomic E-state index is 0.00721. The Morgan fingerprint density at radius 2 is 1.96 bits per heavy atom. The quantitative estimate of drug-likeness (QED) is 0.761. The van der Waals surface area contributed by atoms with Crippen LogP contribution in [0.15, 0.2) is 54.6 Å². The van der Waals surface area contributed by atoms with Gasteiger partial charge in [0.2, 0.25) is 0 Å². The highest BCUT2D eigenvalue weighted by atomic mass is 16.6. The van der Waals surface area contributed by atoms with Crippen molar-refractivity contribution in [1.29, 1.82) is 5.26 Å². The molecule has 0 heterocycles. The summed E-state index contributed by atoms with van der Waals surface area (Å²) in [6.07, 6.45) is 1.42. The van der Waals surface area contributed by atoms with Gasteiger partial charge in [-0.2, -0.15) is 5.26 Å². The van der Waals surface area contributed by atoms with Crippen molar-refractivity contribution >= 4 is 11.8 Å². The minimum atomic E-state index is -0.394. The molecule has 4 heteroatoms. The van der Waals surface area contributed by atoms with E-state index in [0.717, 1.165) is 18.4 Å². The van der Waals surface area contributed by atoms with Crippen molar-refractivity contribution in [3.63, 3.8) is 0 Å². The van der Waals surface area contributed by atoms with Crippen LogP contribution in [0, 0.1) is 11.3 Å². The molecule has 24 heavy (non-hydrogen) atoms. The Morgan fingerprint density at radius 3 is 2.62 bits per heavy atom. The number of nitriles is 1. The Balaban J connectivity index is 2.18. The first-order chi connectivity index (χ1) is 11.7. The fraction of sp³-hybridized carbons (Fsp3) is 0.300. The molecule has 0 spiro atoms. The maximum absolute atomic E-state index is 12.7. The van der Waals surface area contributed by atoms with E-state index in [1.54, 1.807) is 23.1 Å². The zero-order valence-electron chi connectivity index (χ0n) is 14.1. The van der Waals surface area contributed by atoms with Crippen LogP contribution in [0.1, 0.15) is 37.8 Å². The van der Waals surface area contributed by atoms with E-state index in [2.05, 4.69) is 13.0 Å². The average Bonchev–Trinajstić information content (AvgIpc) is 2.61. The molecule has 1 atom stereocenters. The molecule has 1 amide bonds. The Morgan fingerprint density at radius 1 is 1.21 bits per heavy atom. The second-order valence-electron chi connectivity index (χ2n) is 5.71. The summed E-state index contributed by atoms with van der Waals surface area (Å²) in [5.74, 6) is 0. The molecule has 0 aliphatic heterocycles. The van der Waals surface area contributed by atoms with Gasteiger partial charge in [0.15, 0.2) is 0 Å². The number of ether oxygens (including phenoxy) is 1. The lowest BCUT2D eigenvalue weighted by molar-refractivity contribution is 0.144. The zero-order valence-corrected chi connectivity index (χ0v) is 14.1. The normalized spacial score (nSPS) is 11.4. The molecule has 0 saturated heterocycles. The van der Waals surface area contributed by atoms with Gasteiger partial charge in [-0.3, -0.25) is 4.90 Å². The summed E-state index contributed by atoms with van der Waals surface area (Å²) in [5.41, 5.74) is 2.16. The predicted octanol–water partition coefficient (Wildman–Crippen LogP) is 4.89. The highest BCUT2D eigenvalue weighted by Crippen LogP contribution is 2.22. The third-order valence-electron chi connectivity index (χ3n) is 3.80. The third kappa shape index (κ3) is 4.60. The van der Waals surface area contributed by atoms with Crippen molar-refractivity contribution in [1.82, 2.24) is 0 Å². The molecule has 4 nitrogen and oxygen atoms in total. The standard InChI is InChI=1S/C20H22N2O2/c1-3-8-16(2)22(19-12-7-11-18(13-19)14-21)20(23)24-15-17-9-5-4-6-10-17/h4-7,9-13,16H,3,8,15H2,1-2H3. The predicted molar refractivity (Wildman–Crippen MR) is 94.6 cm³/mol. The molecule has 0 fully saturated rings. The fourth-order valence-corrected chi connectivity index (χ4v) is 2.60. The molecule has 0 aliphatic carbocycles. The number of anilines is 1. The van der Waals surface area contributed by atoms with E-state index in [1.165, 1.54) is 0 Å². The largest absolute Gasteiger partial charge is 0.444 e. The molecule has 0 bridgehead atoms. The van der Waals surface area contributed by atoms with Crippen molar-refractivity contribution in [3.05, 3.63) is 65.7 Å². The van der Waals surface area contributed by atoms with Crippen LogP contribution in [0.4, 0.5) is 10.5 Å². The molecular weight excluding hydrogens is 300 g/mol. The average molecular weight is 322 g/mol. The molecule has 2 rings (SSSR count). The Bertz CT molecular complexity index is 707. The maximum atomic E-state index is 12.7. The van der Waals surface area contributed by atoms with Gasteiger partial charge in [0.1, 0.15) is 6.61 Å². The molecule has 0 aromatic heterocycles. The van der Waals surface area contributed by atoms with E-state index in [-0.39, 0.29) is 12.6 Å². The van der Waals surface area contributed by atoms with E-state index in [4.69, 9.17) is 10.00 Å². The number of amides is 1. The highest BCUT2D eigenvalue weighted by molar-refractivity contribution is 5.88. The Hall–Kier alpha value is -2.80. The molecule has 0 N–H and O–H groups in total. The van der Waals surface area contributed by atoms with Crippen LogP contribution < -0.4 is 4.90 Å². The van der Waals surface area contributed by atoms with Crippen LogP contribution >= 0.6 is 0 Å². The summed E-state index contributed by atoms with van der Waals surface area (Å²) >= 11 is 0. The van der Waals surface area contributed by atoms with E-state index < -0.39 is 6.09 Å². The zero-order chi connectivity index (χ0) is 17.4. The monoisotopic (exact) mass is 322 g/mol. The lowest BCUT2D eigenvalue weighted by Crippen LogP contribution is -2.39. The second kappa shape index (κ2) is 8.73. The summed E-state index contributed by atoms with van der Waals surface area (Å²) in [5, 5.41) is 9.09. The Labute approximate surface area is 143 Å². The lowest BCUT2D eigenvalue weighted by Gasteiger charge is -2.28. The van der Waals surface area contributed by atoms with Crippen molar-refractivity contribution in [2.24, 2.45) is 0 Å². The number of carbonyl (C=O) groups is 1. The number of benzene rings is 2. The topological polar surface area (TPSA) is 53.3 Å². The molecule has 0 radical (unpaired) electrons. The van der Waals surface area contributed by atoms with Gasteiger partial charge in [-0.15, -0.1) is 0 Å². The summed E-state index contributed by atoms with van der Waals surface area (Å²) in [6.45, 7) is 4.30. The molecule has 1 unspecified atom stereocenters. The Kier molecular flexibility index (Phi) is 6.39. The minimum Gasteiger partial charge on any atom is -0.444 e. The molecule has 2 aromatic rings. The number of hydrogen-bond donors (Lipinski definition) is 0. The van der Waals surface area contributed by atoms with Gasteiger partial charge in [-0.05, 0) is 37.1 Å². The van der Waals surface area contributed by atoms with E-state index in [1.807, 2.05) is 43.3 Å². The first-order valence-corrected chi connectivity index (χ1v) is 8.15. The first kappa shape index (κ1) is 17.6. The van der Waals surface area contributed by atoms with E-state index in [9.17, 15) is 4.79 Å². The third-order valence-corrected chi connectivity index (χ3v) is 3.80. The number of hydrogen-bond acceptors (Lipinski definition) is 3. The molecule has 0 saturated carbocycles. The van der Waals surface area contributed by atoms with Crippen molar-refractivity contribution in [3.8, 4) is 6.07 Å². The summed E-state index contributed by atoms with van der Waals surface area (Å²) in [7, 11) is 0. The summed E-state index contributed by atoms with van der Waals surface area (Å²) in [6, 6.07) is 18.8. The molecule has 0 aliphatic rings. The highest BCUT2D eigenvalue weighted by Gasteiger charge is 2.23. The summed E-state index contributed by atoms with van der Waals surface area (Å²) < 4.78 is 5.49. The first-order valence-electron chi connectivity index (χ1n) is 8.15. The van der Waals surface area contributed by atoms with Crippen LogP contribution in [-0.4, -0.2) is 12.1 Å². The van der Waals surface area contributed by atoms with Crippen LogP contribution in [0.2, 0.25) is 0 Å². The van der Waals surface area contributed by atoms with Crippen LogP contribution in [0.25, 0.3) is 0 Å². The second-order valence-corrected chi connectivity index (χ2v) is 5.71. The van der Waals surface area contributed by atoms with Gasteiger partial charge in [-0.25, -0.2) is 4.79 Å². The van der Waals surface area contributed by atoms with Crippen LogP contribution in [0.5, 0.6) is 0 Å². The molecule has 124 valence electrons. The molecular formula is C20H22N2O2. The van der Waals surface area contributed by atoms with E-state index >= 15 is 0 Å². The number of nitrogens with zero attached hydrogens (tertiary/aromatic N) is 2. The van der Waals surface area contributed by atoms with E-state index in [0.29, 0.717) is 11.3 Å².